The molecule has 3 heteroatoms. The summed E-state index contributed by atoms with van der Waals surface area (Å²) in [7, 11) is 0. The summed E-state index contributed by atoms with van der Waals surface area (Å²) in [6, 6.07) is 0.763. The van der Waals surface area contributed by atoms with Crippen molar-refractivity contribution >= 4 is 6.02 Å². The highest BCUT2D eigenvalue weighted by atomic mass is 16.5. The van der Waals surface area contributed by atoms with E-state index in [4.69, 9.17) is 4.74 Å². The molecule has 0 fully saturated rings. The van der Waals surface area contributed by atoms with Crippen molar-refractivity contribution in [3.63, 3.8) is 0 Å². The fourth-order valence-electron chi connectivity index (χ4n) is 1.60. The van der Waals surface area contributed by atoms with Crippen LogP contribution >= 0.6 is 0 Å². The molecule has 0 heterocycles. The smallest absolute Gasteiger partial charge is 0.427 e. The summed E-state index contributed by atoms with van der Waals surface area (Å²) in [5.41, 5.74) is 0. The minimum Gasteiger partial charge on any atom is -0.427 e. The molecule has 0 aromatic carbocycles. The molecule has 0 saturated heterocycles. The molecule has 3 nitrogen and oxygen atoms in total. The van der Waals surface area contributed by atoms with Crippen LogP contribution in [-0.2, 0) is 4.74 Å². The van der Waals surface area contributed by atoms with Gasteiger partial charge in [0, 0.05) is 0 Å². The Morgan fingerprint density at radius 1 is 0.842 bits per heavy atom. The predicted octanol–water partition coefficient (Wildman–Crippen LogP) is 2.60. The number of nitrogens with zero attached hydrogens (tertiary/aromatic N) is 2. The van der Waals surface area contributed by atoms with Crippen molar-refractivity contribution in [2.75, 3.05) is 32.8 Å². The van der Waals surface area contributed by atoms with Crippen LogP contribution in [0.2, 0.25) is 0 Å². The molecule has 0 aliphatic heterocycles. The SMILES string of the molecule is C=CCOC(N(CC=C)CC=C)=[N+](CC=C)CC=C. The molecule has 0 aromatic heterocycles. The van der Waals surface area contributed by atoms with E-state index in [0.717, 1.165) is 6.02 Å². The summed E-state index contributed by atoms with van der Waals surface area (Å²) < 4.78 is 7.84. The summed E-state index contributed by atoms with van der Waals surface area (Å²) in [6.45, 7) is 22.0. The van der Waals surface area contributed by atoms with Gasteiger partial charge < -0.3 is 4.74 Å². The summed E-state index contributed by atoms with van der Waals surface area (Å²) in [4.78, 5) is 2.05. The molecule has 0 bridgehead atoms. The third-order valence-corrected chi connectivity index (χ3v) is 2.27. The maximum absolute atomic E-state index is 5.79. The van der Waals surface area contributed by atoms with Gasteiger partial charge in [-0.25, -0.2) is 9.48 Å². The number of ether oxygens (including phenoxy) is 1. The average molecular weight is 261 g/mol. The van der Waals surface area contributed by atoms with Gasteiger partial charge in [0.2, 0.25) is 0 Å². The zero-order chi connectivity index (χ0) is 14.5. The van der Waals surface area contributed by atoms with Gasteiger partial charge in [-0.15, -0.1) is 0 Å². The number of hydrogen-bond acceptors (Lipinski definition) is 1. The van der Waals surface area contributed by atoms with Crippen LogP contribution in [-0.4, -0.2) is 48.3 Å². The molecular weight excluding hydrogens is 236 g/mol. The van der Waals surface area contributed by atoms with Crippen LogP contribution < -0.4 is 0 Å². The Labute approximate surface area is 117 Å². The third kappa shape index (κ3) is 6.46. The lowest BCUT2D eigenvalue weighted by Gasteiger charge is -2.19. The van der Waals surface area contributed by atoms with Crippen molar-refractivity contribution in [2.24, 2.45) is 0 Å². The molecule has 0 rings (SSSR count). The second-order valence-electron chi connectivity index (χ2n) is 3.85. The maximum atomic E-state index is 5.79. The van der Waals surface area contributed by atoms with Gasteiger partial charge in [-0.3, -0.25) is 0 Å². The first-order chi connectivity index (χ1) is 9.24. The molecule has 0 amide bonds. The zero-order valence-corrected chi connectivity index (χ0v) is 11.8. The molecule has 0 aromatic rings. The fraction of sp³-hybridized carbons (Fsp3) is 0.312. The number of amidine groups is 1. The van der Waals surface area contributed by atoms with Crippen LogP contribution in [0.3, 0.4) is 0 Å². The van der Waals surface area contributed by atoms with Crippen LogP contribution in [0.25, 0.3) is 0 Å². The Hall–Kier alpha value is -2.03. The van der Waals surface area contributed by atoms with Crippen molar-refractivity contribution in [1.29, 1.82) is 0 Å². The number of rotatable bonds is 10. The van der Waals surface area contributed by atoms with E-state index in [1.165, 1.54) is 0 Å². The predicted molar refractivity (Wildman–Crippen MR) is 83.5 cm³/mol. The van der Waals surface area contributed by atoms with Crippen LogP contribution in [0.5, 0.6) is 0 Å². The summed E-state index contributed by atoms with van der Waals surface area (Å²) in [5.74, 6) is 0. The van der Waals surface area contributed by atoms with E-state index in [1.807, 2.05) is 24.3 Å². The first-order valence-corrected chi connectivity index (χ1v) is 6.29. The summed E-state index contributed by atoms with van der Waals surface area (Å²) in [5, 5.41) is 0. The van der Waals surface area contributed by atoms with E-state index >= 15 is 0 Å². The standard InChI is InChI=1S/C16H25N2O/c1-6-11-17(12-7-2)16(19-15-10-5)18(13-8-3)14-9-4/h6-10H,1-5,11-15H2/q+1. The van der Waals surface area contributed by atoms with Crippen molar-refractivity contribution in [2.45, 2.75) is 0 Å². The highest BCUT2D eigenvalue weighted by Gasteiger charge is 2.22. The molecule has 0 atom stereocenters. The van der Waals surface area contributed by atoms with E-state index in [1.54, 1.807) is 6.08 Å². The van der Waals surface area contributed by atoms with Gasteiger partial charge in [-0.2, -0.15) is 0 Å². The van der Waals surface area contributed by atoms with Gasteiger partial charge in [0.1, 0.15) is 32.8 Å². The molecule has 0 aliphatic carbocycles. The quantitative estimate of drug-likeness (QED) is 0.260. The molecule has 0 radical (unpaired) electrons. The molecule has 104 valence electrons. The minimum atomic E-state index is 0.449. The van der Waals surface area contributed by atoms with Crippen molar-refractivity contribution in [1.82, 2.24) is 4.90 Å². The fourth-order valence-corrected chi connectivity index (χ4v) is 1.60. The van der Waals surface area contributed by atoms with E-state index in [9.17, 15) is 0 Å². The highest BCUT2D eigenvalue weighted by molar-refractivity contribution is 5.69. The Morgan fingerprint density at radius 3 is 1.74 bits per heavy atom. The van der Waals surface area contributed by atoms with E-state index in [0.29, 0.717) is 32.8 Å². The lowest BCUT2D eigenvalue weighted by molar-refractivity contribution is -0.522. The molecule has 0 aliphatic rings. The molecule has 0 saturated carbocycles. The van der Waals surface area contributed by atoms with Gasteiger partial charge in [0.15, 0.2) is 0 Å². The largest absolute Gasteiger partial charge is 0.447 e. The van der Waals surface area contributed by atoms with Crippen LogP contribution in [0.1, 0.15) is 0 Å². The molecule has 0 spiro atoms. The molecule has 0 N–H and O–H groups in total. The van der Waals surface area contributed by atoms with Crippen LogP contribution in [0.15, 0.2) is 63.3 Å². The zero-order valence-electron chi connectivity index (χ0n) is 11.8. The van der Waals surface area contributed by atoms with Gasteiger partial charge in [0.25, 0.3) is 0 Å². The highest BCUT2D eigenvalue weighted by Crippen LogP contribution is 1.98. The van der Waals surface area contributed by atoms with Crippen molar-refractivity contribution in [3.8, 4) is 0 Å². The van der Waals surface area contributed by atoms with E-state index in [2.05, 4.69) is 42.4 Å². The Balaban J connectivity index is 5.37. The number of hydrogen-bond donors (Lipinski definition) is 0. The Morgan fingerprint density at radius 2 is 1.37 bits per heavy atom. The molecular formula is C16H25N2O+. The first kappa shape index (κ1) is 17.0. The van der Waals surface area contributed by atoms with Gasteiger partial charge in [0.05, 0.1) is 0 Å². The van der Waals surface area contributed by atoms with Crippen molar-refractivity contribution in [3.05, 3.63) is 63.3 Å². The summed E-state index contributed by atoms with van der Waals surface area (Å²) in [6.07, 6.45) is 9.06. The molecule has 19 heavy (non-hydrogen) atoms. The monoisotopic (exact) mass is 261 g/mol. The lowest BCUT2D eigenvalue weighted by Crippen LogP contribution is -2.41. The van der Waals surface area contributed by atoms with E-state index in [-0.39, 0.29) is 0 Å². The topological polar surface area (TPSA) is 15.5 Å². The Bertz CT molecular complexity index is 334. The van der Waals surface area contributed by atoms with Crippen molar-refractivity contribution < 1.29 is 9.31 Å². The summed E-state index contributed by atoms with van der Waals surface area (Å²) >= 11 is 0. The molecule has 0 unspecified atom stereocenters. The average Bonchev–Trinajstić information content (AvgIpc) is 2.40. The second-order valence-corrected chi connectivity index (χ2v) is 3.85. The third-order valence-electron chi connectivity index (χ3n) is 2.27. The Kier molecular flexibility index (Phi) is 9.90. The second kappa shape index (κ2) is 11.1. The first-order valence-electron chi connectivity index (χ1n) is 6.29. The van der Waals surface area contributed by atoms with Gasteiger partial charge >= 0.3 is 6.02 Å². The van der Waals surface area contributed by atoms with Crippen LogP contribution in [0, 0.1) is 0 Å². The lowest BCUT2D eigenvalue weighted by atomic mass is 10.4. The maximum Gasteiger partial charge on any atom is 0.447 e. The normalized spacial score (nSPS) is 9.05. The van der Waals surface area contributed by atoms with Crippen LogP contribution in [0.4, 0.5) is 0 Å². The van der Waals surface area contributed by atoms with E-state index < -0.39 is 0 Å². The van der Waals surface area contributed by atoms with Gasteiger partial charge in [-0.1, -0.05) is 63.3 Å². The minimum absolute atomic E-state index is 0.449. The van der Waals surface area contributed by atoms with Gasteiger partial charge in [-0.05, 0) is 0 Å².